The molecule has 0 saturated heterocycles. The highest BCUT2D eigenvalue weighted by atomic mass is 16.2. The summed E-state index contributed by atoms with van der Waals surface area (Å²) in [5, 5.41) is 7.93. The molecule has 0 unspecified atom stereocenters. The van der Waals surface area contributed by atoms with Crippen LogP contribution in [-0.4, -0.2) is 19.0 Å². The van der Waals surface area contributed by atoms with Gasteiger partial charge in [-0.25, -0.2) is 4.79 Å². The first-order chi connectivity index (χ1) is 10.1. The number of aryl methyl sites for hydroxylation is 1. The fraction of sp³-hybridized carbons (Fsp3) is 0.125. The molecule has 0 aromatic heterocycles. The Labute approximate surface area is 123 Å². The monoisotopic (exact) mass is 283 g/mol. The zero-order chi connectivity index (χ0) is 15.2. The van der Waals surface area contributed by atoms with Crippen LogP contribution in [0.1, 0.15) is 15.9 Å². The number of carbonyl (C=O) groups excluding carboxylic acids is 2. The molecule has 0 aliphatic heterocycles. The number of amides is 3. The maximum atomic E-state index is 12.1. The van der Waals surface area contributed by atoms with E-state index in [1.165, 1.54) is 0 Å². The molecule has 5 nitrogen and oxygen atoms in total. The fourth-order valence-corrected chi connectivity index (χ4v) is 1.86. The van der Waals surface area contributed by atoms with Crippen molar-refractivity contribution in [2.45, 2.75) is 6.92 Å². The molecule has 2 aromatic carbocycles. The van der Waals surface area contributed by atoms with Gasteiger partial charge < -0.3 is 16.0 Å². The number of benzene rings is 2. The summed E-state index contributed by atoms with van der Waals surface area (Å²) in [5.41, 5.74) is 2.85. The van der Waals surface area contributed by atoms with Crippen LogP contribution in [0.4, 0.5) is 16.2 Å². The topological polar surface area (TPSA) is 70.2 Å². The maximum absolute atomic E-state index is 12.1. The molecule has 2 aromatic rings. The smallest absolute Gasteiger partial charge is 0.318 e. The lowest BCUT2D eigenvalue weighted by Crippen LogP contribution is -2.24. The minimum Gasteiger partial charge on any atom is -0.341 e. The lowest BCUT2D eigenvalue weighted by Gasteiger charge is -2.09. The first-order valence-electron chi connectivity index (χ1n) is 6.55. The Kier molecular flexibility index (Phi) is 4.56. The third-order valence-electron chi connectivity index (χ3n) is 2.89. The molecule has 0 spiro atoms. The molecule has 3 N–H and O–H groups in total. The summed E-state index contributed by atoms with van der Waals surface area (Å²) in [6, 6.07) is 14.0. The highest BCUT2D eigenvalue weighted by Gasteiger charge is 2.07. The van der Waals surface area contributed by atoms with E-state index in [1.54, 1.807) is 37.4 Å². The van der Waals surface area contributed by atoms with Crippen molar-refractivity contribution in [3.63, 3.8) is 0 Å². The quantitative estimate of drug-likeness (QED) is 0.810. The zero-order valence-corrected chi connectivity index (χ0v) is 11.9. The summed E-state index contributed by atoms with van der Waals surface area (Å²) in [6.45, 7) is 1.94. The zero-order valence-electron chi connectivity index (χ0n) is 11.9. The Hall–Kier alpha value is -2.82. The number of anilines is 2. The molecular formula is C16H17N3O2. The van der Waals surface area contributed by atoms with Crippen LogP contribution in [0.25, 0.3) is 0 Å². The molecule has 0 bridgehead atoms. The first kappa shape index (κ1) is 14.6. The van der Waals surface area contributed by atoms with Crippen molar-refractivity contribution in [3.8, 4) is 0 Å². The summed E-state index contributed by atoms with van der Waals surface area (Å²) < 4.78 is 0. The predicted octanol–water partition coefficient (Wildman–Crippen LogP) is 3.00. The van der Waals surface area contributed by atoms with Gasteiger partial charge in [0.15, 0.2) is 0 Å². The Morgan fingerprint density at radius 2 is 1.57 bits per heavy atom. The Morgan fingerprint density at radius 3 is 2.24 bits per heavy atom. The highest BCUT2D eigenvalue weighted by Crippen LogP contribution is 2.16. The number of rotatable bonds is 3. The maximum Gasteiger partial charge on any atom is 0.318 e. The second kappa shape index (κ2) is 6.56. The summed E-state index contributed by atoms with van der Waals surface area (Å²) in [7, 11) is 1.54. The Morgan fingerprint density at radius 1 is 0.905 bits per heavy atom. The van der Waals surface area contributed by atoms with Crippen LogP contribution in [0.3, 0.4) is 0 Å². The Balaban J connectivity index is 2.11. The number of hydrogen-bond donors (Lipinski definition) is 3. The third-order valence-corrected chi connectivity index (χ3v) is 2.89. The number of hydrogen-bond acceptors (Lipinski definition) is 2. The van der Waals surface area contributed by atoms with Crippen LogP contribution in [0.15, 0.2) is 48.5 Å². The van der Waals surface area contributed by atoms with Crippen LogP contribution in [0.5, 0.6) is 0 Å². The van der Waals surface area contributed by atoms with Crippen molar-refractivity contribution in [1.29, 1.82) is 0 Å². The van der Waals surface area contributed by atoms with Gasteiger partial charge in [-0.2, -0.15) is 0 Å². The van der Waals surface area contributed by atoms with Crippen LogP contribution in [-0.2, 0) is 0 Å². The van der Waals surface area contributed by atoms with Crippen LogP contribution < -0.4 is 16.0 Å². The minimum atomic E-state index is -0.308. The fourth-order valence-electron chi connectivity index (χ4n) is 1.86. The van der Waals surface area contributed by atoms with Gasteiger partial charge in [0.25, 0.3) is 5.91 Å². The molecule has 0 atom stereocenters. The average Bonchev–Trinajstić information content (AvgIpc) is 2.47. The standard InChI is InChI=1S/C16H17N3O2/c1-11-5-3-6-12(9-11)15(20)18-13-7-4-8-14(10-13)19-16(21)17-2/h3-10H,1-2H3,(H,18,20)(H2,17,19,21). The summed E-state index contributed by atoms with van der Waals surface area (Å²) in [6.07, 6.45) is 0. The van der Waals surface area contributed by atoms with Crippen molar-refractivity contribution in [2.24, 2.45) is 0 Å². The lowest BCUT2D eigenvalue weighted by atomic mass is 10.1. The molecule has 0 aliphatic rings. The number of urea groups is 1. The first-order valence-corrected chi connectivity index (χ1v) is 6.55. The van der Waals surface area contributed by atoms with E-state index in [9.17, 15) is 9.59 Å². The van der Waals surface area contributed by atoms with Gasteiger partial charge in [0.2, 0.25) is 0 Å². The highest BCUT2D eigenvalue weighted by molar-refractivity contribution is 6.04. The van der Waals surface area contributed by atoms with Gasteiger partial charge in [0.05, 0.1) is 0 Å². The van der Waals surface area contributed by atoms with Crippen molar-refractivity contribution >= 4 is 23.3 Å². The van der Waals surface area contributed by atoms with Crippen molar-refractivity contribution < 1.29 is 9.59 Å². The molecule has 2 rings (SSSR count). The van der Waals surface area contributed by atoms with E-state index in [4.69, 9.17) is 0 Å². The van der Waals surface area contributed by atoms with E-state index in [0.29, 0.717) is 16.9 Å². The second-order valence-electron chi connectivity index (χ2n) is 4.61. The lowest BCUT2D eigenvalue weighted by molar-refractivity contribution is 0.102. The Bertz CT molecular complexity index is 668. The van der Waals surface area contributed by atoms with Crippen LogP contribution in [0, 0.1) is 6.92 Å². The van der Waals surface area contributed by atoms with Gasteiger partial charge >= 0.3 is 6.03 Å². The molecule has 5 heteroatoms. The minimum absolute atomic E-state index is 0.184. The van der Waals surface area contributed by atoms with E-state index >= 15 is 0 Å². The molecule has 0 heterocycles. The van der Waals surface area contributed by atoms with Crippen LogP contribution >= 0.6 is 0 Å². The molecule has 0 fully saturated rings. The molecule has 3 amide bonds. The van der Waals surface area contributed by atoms with E-state index in [2.05, 4.69) is 16.0 Å². The summed E-state index contributed by atoms with van der Waals surface area (Å²) in [4.78, 5) is 23.4. The van der Waals surface area contributed by atoms with E-state index in [1.807, 2.05) is 25.1 Å². The molecule has 0 radical (unpaired) electrons. The molecule has 0 saturated carbocycles. The second-order valence-corrected chi connectivity index (χ2v) is 4.61. The largest absolute Gasteiger partial charge is 0.341 e. The van der Waals surface area contributed by atoms with Crippen molar-refractivity contribution in [2.75, 3.05) is 17.7 Å². The third kappa shape index (κ3) is 4.07. The average molecular weight is 283 g/mol. The van der Waals surface area contributed by atoms with Gasteiger partial charge in [0, 0.05) is 24.0 Å². The molecule has 108 valence electrons. The van der Waals surface area contributed by atoms with Crippen molar-refractivity contribution in [3.05, 3.63) is 59.7 Å². The van der Waals surface area contributed by atoms with Gasteiger partial charge in [0.1, 0.15) is 0 Å². The van der Waals surface area contributed by atoms with Crippen molar-refractivity contribution in [1.82, 2.24) is 5.32 Å². The number of nitrogens with one attached hydrogen (secondary N) is 3. The van der Waals surface area contributed by atoms with E-state index < -0.39 is 0 Å². The van der Waals surface area contributed by atoms with Gasteiger partial charge in [-0.05, 0) is 37.3 Å². The summed E-state index contributed by atoms with van der Waals surface area (Å²) >= 11 is 0. The van der Waals surface area contributed by atoms with Gasteiger partial charge in [-0.1, -0.05) is 23.8 Å². The van der Waals surface area contributed by atoms with E-state index in [-0.39, 0.29) is 11.9 Å². The van der Waals surface area contributed by atoms with Gasteiger partial charge in [-0.3, -0.25) is 4.79 Å². The molecule has 21 heavy (non-hydrogen) atoms. The van der Waals surface area contributed by atoms with Crippen LogP contribution in [0.2, 0.25) is 0 Å². The molecule has 0 aliphatic carbocycles. The SMILES string of the molecule is CNC(=O)Nc1cccc(NC(=O)c2cccc(C)c2)c1. The predicted molar refractivity (Wildman–Crippen MR) is 83.7 cm³/mol. The van der Waals surface area contributed by atoms with E-state index in [0.717, 1.165) is 5.56 Å². The summed E-state index contributed by atoms with van der Waals surface area (Å²) in [5.74, 6) is -0.184. The molecular weight excluding hydrogens is 266 g/mol. The number of carbonyl (C=O) groups is 2. The normalized spacial score (nSPS) is 9.81. The van der Waals surface area contributed by atoms with Gasteiger partial charge in [-0.15, -0.1) is 0 Å².